The smallest absolute Gasteiger partial charge is 0.348 e. The van der Waals surface area contributed by atoms with Crippen LogP contribution in [0.1, 0.15) is 67.2 Å². The fraction of sp³-hybridized carbons (Fsp3) is 0.250. The van der Waals surface area contributed by atoms with E-state index in [4.69, 9.17) is 0 Å². The highest BCUT2D eigenvalue weighted by Gasteiger charge is 2.33. The van der Waals surface area contributed by atoms with Crippen molar-refractivity contribution in [3.8, 4) is 33.9 Å². The van der Waals surface area contributed by atoms with Gasteiger partial charge in [0.25, 0.3) is 22.9 Å². The molecule has 4 aromatic heterocycles. The van der Waals surface area contributed by atoms with Crippen LogP contribution in [-0.4, -0.2) is 95.9 Å². The van der Waals surface area contributed by atoms with E-state index in [9.17, 15) is 62.4 Å². The summed E-state index contributed by atoms with van der Waals surface area (Å²) in [4.78, 5) is 56.6. The minimum Gasteiger partial charge on any atom is -0.348 e. The van der Waals surface area contributed by atoms with Gasteiger partial charge in [0, 0.05) is 79.5 Å². The van der Waals surface area contributed by atoms with Gasteiger partial charge in [-0.25, -0.2) is 26.3 Å². The average molecular weight is 1190 g/mol. The van der Waals surface area contributed by atoms with Gasteiger partial charge in [0.15, 0.2) is 0 Å². The molecule has 0 aliphatic heterocycles. The first-order chi connectivity index (χ1) is 39.2. The number of hydrogen-bond donors (Lipinski definition) is 5. The Balaban J connectivity index is 0.785. The van der Waals surface area contributed by atoms with Crippen molar-refractivity contribution in [3.05, 3.63) is 199 Å². The summed E-state index contributed by atoms with van der Waals surface area (Å²) in [5, 5.41) is 16.1. The summed E-state index contributed by atoms with van der Waals surface area (Å²) >= 11 is 0. The summed E-state index contributed by atoms with van der Waals surface area (Å²) in [5.74, 6) is -1.65. The number of nitrogens with zero attached hydrogens (tertiary/aromatic N) is 6. The predicted octanol–water partition coefficient (Wildman–Crippen LogP) is 7.26. The van der Waals surface area contributed by atoms with Crippen molar-refractivity contribution in [2.24, 2.45) is 7.05 Å². The van der Waals surface area contributed by atoms with Crippen LogP contribution in [0.3, 0.4) is 0 Å². The molecular formula is C56H55F6N11O8S2. The van der Waals surface area contributed by atoms with E-state index in [2.05, 4.69) is 35.4 Å². The van der Waals surface area contributed by atoms with Gasteiger partial charge in [-0.3, -0.25) is 38.1 Å². The molecule has 27 heteroatoms. The average Bonchev–Trinajstić information content (AvgIpc) is 3.47. The highest BCUT2D eigenvalue weighted by Crippen LogP contribution is 2.33. The number of pyridine rings is 2. The van der Waals surface area contributed by atoms with Crippen LogP contribution in [-0.2, 0) is 52.5 Å². The Labute approximate surface area is 472 Å². The lowest BCUT2D eigenvalue weighted by molar-refractivity contribution is -0.138. The highest BCUT2D eigenvalue weighted by atomic mass is 32.2. The number of amides is 2. The highest BCUT2D eigenvalue weighted by molar-refractivity contribution is 7.89. The third-order valence-corrected chi connectivity index (χ3v) is 16.5. The van der Waals surface area contributed by atoms with Gasteiger partial charge in [0.2, 0.25) is 20.0 Å². The Bertz CT molecular complexity index is 4030. The summed E-state index contributed by atoms with van der Waals surface area (Å²) in [6.45, 7) is 3.90. The second-order valence-corrected chi connectivity index (χ2v) is 22.8. The summed E-state index contributed by atoms with van der Waals surface area (Å²) in [7, 11) is -4.48. The topological polar surface area (TPSA) is 244 Å². The first-order valence-electron chi connectivity index (χ1n) is 25.5. The van der Waals surface area contributed by atoms with Crippen LogP contribution >= 0.6 is 0 Å². The monoisotopic (exact) mass is 1190 g/mol. The third kappa shape index (κ3) is 14.2. The van der Waals surface area contributed by atoms with E-state index in [1.54, 1.807) is 33.2 Å². The number of hydrogen-bond acceptors (Lipinski definition) is 11. The van der Waals surface area contributed by atoms with Crippen molar-refractivity contribution in [1.29, 1.82) is 0 Å². The van der Waals surface area contributed by atoms with E-state index < -0.39 is 66.5 Å². The van der Waals surface area contributed by atoms with Crippen LogP contribution in [0, 0.1) is 13.8 Å². The zero-order valence-electron chi connectivity index (χ0n) is 44.9. The Hall–Kier alpha value is -8.50. The summed E-state index contributed by atoms with van der Waals surface area (Å²) in [6.07, 6.45) is -5.63. The SMILES string of the molecule is Cc1c(-c2ccn[nH]2)cc(C(=O)NCc2ccc(S(=O)(=O)NCCCN(C)CCCNS(=O)(=O)c3ccc(CNC(=O)c4cc(-c5ccnn5C)c(C)n(-c5cccc(C(F)(F)F)c5)c4=O)cc3)cc2)c(=O)n1-c1cccc(C(F)(F)F)c1. The van der Waals surface area contributed by atoms with Crippen molar-refractivity contribution in [2.75, 3.05) is 33.2 Å². The van der Waals surface area contributed by atoms with Crippen molar-refractivity contribution >= 4 is 31.9 Å². The number of aromatic amines is 1. The fourth-order valence-corrected chi connectivity index (χ4v) is 11.2. The van der Waals surface area contributed by atoms with Crippen LogP contribution in [0.15, 0.2) is 153 Å². The fourth-order valence-electron chi connectivity index (χ4n) is 9.09. The van der Waals surface area contributed by atoms with E-state index in [0.29, 0.717) is 59.6 Å². The van der Waals surface area contributed by atoms with E-state index >= 15 is 0 Å². The van der Waals surface area contributed by atoms with Gasteiger partial charge in [-0.1, -0.05) is 36.4 Å². The number of carbonyl (C=O) groups excluding carboxylic acids is 2. The lowest BCUT2D eigenvalue weighted by Gasteiger charge is -2.18. The molecule has 4 aromatic carbocycles. The number of nitrogens with one attached hydrogen (secondary N) is 5. The maximum atomic E-state index is 13.9. The van der Waals surface area contributed by atoms with Crippen LogP contribution < -0.4 is 31.2 Å². The predicted molar refractivity (Wildman–Crippen MR) is 296 cm³/mol. The van der Waals surface area contributed by atoms with Crippen molar-refractivity contribution in [2.45, 2.75) is 61.9 Å². The Morgan fingerprint density at radius 3 is 1.46 bits per heavy atom. The van der Waals surface area contributed by atoms with Crippen LogP contribution in [0.4, 0.5) is 26.3 Å². The molecule has 8 rings (SSSR count). The molecule has 8 aromatic rings. The van der Waals surface area contributed by atoms with E-state index in [1.807, 2.05) is 4.90 Å². The zero-order valence-corrected chi connectivity index (χ0v) is 46.5. The molecule has 0 fully saturated rings. The number of H-pyrrole nitrogens is 1. The standard InChI is InChI=1S/C56H55F6N11O8S2/c1-35-45(49-21-25-65-69-49)31-47(53(76)72(35)41-11-5-9-39(29-41)55(57,58)59)51(74)63-33-37-13-17-43(18-14-37)82(78,79)67-23-7-27-70(3)28-8-24-68-83(80,81)44-19-15-38(16-20-44)34-64-52(75)48-32-46(50-22-26-66-71(50)4)36(2)73(54(48)77)42-12-6-10-40(30-42)56(60,61)62/h5-6,9-22,25-26,29-32,67-68H,7-8,23-24,27-28,33-34H2,1-4H3,(H,63,74)(H,64,75)(H,65,69). The molecule has 0 bridgehead atoms. The summed E-state index contributed by atoms with van der Waals surface area (Å²) in [5.41, 5.74) is -1.49. The molecule has 0 aliphatic carbocycles. The first kappa shape index (κ1) is 60.6. The van der Waals surface area contributed by atoms with E-state index in [0.717, 1.165) is 39.5 Å². The molecule has 2 amide bonds. The number of alkyl halides is 6. The molecule has 0 spiro atoms. The number of rotatable bonds is 22. The number of sulfonamides is 2. The minimum atomic E-state index is -4.69. The maximum absolute atomic E-state index is 13.9. The second kappa shape index (κ2) is 24.9. The molecule has 0 saturated heterocycles. The molecule has 5 N–H and O–H groups in total. The number of carbonyl (C=O) groups is 2. The maximum Gasteiger partial charge on any atom is 0.416 e. The van der Waals surface area contributed by atoms with Gasteiger partial charge >= 0.3 is 12.4 Å². The molecular weight excluding hydrogens is 1130 g/mol. The van der Waals surface area contributed by atoms with Gasteiger partial charge in [-0.15, -0.1) is 0 Å². The molecule has 0 atom stereocenters. The minimum absolute atomic E-state index is 0.0502. The quantitative estimate of drug-likeness (QED) is 0.0334. The van der Waals surface area contributed by atoms with E-state index in [1.165, 1.54) is 103 Å². The zero-order chi connectivity index (χ0) is 60.0. The Kier molecular flexibility index (Phi) is 18.2. The number of halogens is 6. The molecule has 19 nitrogen and oxygen atoms in total. The van der Waals surface area contributed by atoms with Crippen molar-refractivity contribution < 1.29 is 52.8 Å². The number of benzene rings is 4. The molecule has 436 valence electrons. The number of aryl methyl sites for hydroxylation is 1. The normalized spacial score (nSPS) is 12.2. The van der Waals surface area contributed by atoms with Crippen LogP contribution in [0.25, 0.3) is 33.9 Å². The van der Waals surface area contributed by atoms with Crippen LogP contribution in [0.5, 0.6) is 0 Å². The van der Waals surface area contributed by atoms with Crippen LogP contribution in [0.2, 0.25) is 0 Å². The van der Waals surface area contributed by atoms with Gasteiger partial charge in [0.05, 0.1) is 32.3 Å². The summed E-state index contributed by atoms with van der Waals surface area (Å²) in [6, 6.07) is 25.6. The largest absolute Gasteiger partial charge is 0.416 e. The first-order valence-corrected chi connectivity index (χ1v) is 28.5. The lowest BCUT2D eigenvalue weighted by atomic mass is 10.1. The van der Waals surface area contributed by atoms with Gasteiger partial charge < -0.3 is 15.5 Å². The molecule has 0 aliphatic rings. The molecule has 0 saturated carbocycles. The lowest BCUT2D eigenvalue weighted by Crippen LogP contribution is -2.33. The Morgan fingerprint density at radius 2 is 1.05 bits per heavy atom. The molecule has 0 radical (unpaired) electrons. The van der Waals surface area contributed by atoms with E-state index in [-0.39, 0.29) is 69.9 Å². The van der Waals surface area contributed by atoms with Gasteiger partial charge in [-0.2, -0.15) is 36.5 Å². The second-order valence-electron chi connectivity index (χ2n) is 19.3. The Morgan fingerprint density at radius 1 is 0.602 bits per heavy atom. The number of aromatic nitrogens is 6. The van der Waals surface area contributed by atoms with Crippen molar-refractivity contribution in [1.82, 2.24) is 54.1 Å². The van der Waals surface area contributed by atoms with Gasteiger partial charge in [0.1, 0.15) is 11.1 Å². The molecule has 83 heavy (non-hydrogen) atoms. The molecule has 0 unspecified atom stereocenters. The molecule has 4 heterocycles. The van der Waals surface area contributed by atoms with Gasteiger partial charge in [-0.05, 0) is 143 Å². The van der Waals surface area contributed by atoms with Crippen molar-refractivity contribution in [3.63, 3.8) is 0 Å². The summed E-state index contributed by atoms with van der Waals surface area (Å²) < 4.78 is 143. The third-order valence-electron chi connectivity index (χ3n) is 13.5.